The molecule has 4 nitrogen and oxygen atoms in total. The van der Waals surface area contributed by atoms with Crippen LogP contribution in [-0.4, -0.2) is 23.6 Å². The summed E-state index contributed by atoms with van der Waals surface area (Å²) in [6.07, 6.45) is 0.984. The third-order valence-electron chi connectivity index (χ3n) is 1.52. The fourth-order valence-corrected chi connectivity index (χ4v) is 0.949. The monoisotopic (exact) mass is 181 g/mol. The first kappa shape index (κ1) is 9.77. The Morgan fingerprint density at radius 3 is 2.85 bits per heavy atom. The Morgan fingerprint density at radius 1 is 1.46 bits per heavy atom. The van der Waals surface area contributed by atoms with Gasteiger partial charge in [0.1, 0.15) is 11.6 Å². The van der Waals surface area contributed by atoms with Crippen molar-refractivity contribution in [3.05, 3.63) is 11.9 Å². The number of rotatable bonds is 4. The van der Waals surface area contributed by atoms with Crippen molar-refractivity contribution in [2.24, 2.45) is 0 Å². The molecule has 0 aromatic carbocycles. The average Bonchev–Trinajstić information content (AvgIpc) is 2.14. The standard InChI is InChI=1S/C9H15N3O/c1-4-5-13-9-6-8(10-3)11-7(2)12-9/h6H,4-5H2,1-3H3,(H,10,11,12). The summed E-state index contributed by atoms with van der Waals surface area (Å²) < 4.78 is 5.39. The normalized spacial score (nSPS) is 9.77. The summed E-state index contributed by atoms with van der Waals surface area (Å²) in [4.78, 5) is 8.30. The Kier molecular flexibility index (Phi) is 3.49. The van der Waals surface area contributed by atoms with Crippen LogP contribution < -0.4 is 10.1 Å². The van der Waals surface area contributed by atoms with Gasteiger partial charge in [-0.1, -0.05) is 6.92 Å². The van der Waals surface area contributed by atoms with Crippen LogP contribution in [0.4, 0.5) is 5.82 Å². The van der Waals surface area contributed by atoms with Gasteiger partial charge in [0, 0.05) is 13.1 Å². The van der Waals surface area contributed by atoms with Gasteiger partial charge >= 0.3 is 0 Å². The minimum Gasteiger partial charge on any atom is -0.478 e. The van der Waals surface area contributed by atoms with Crippen LogP contribution in [0.2, 0.25) is 0 Å². The molecule has 0 aliphatic rings. The topological polar surface area (TPSA) is 47.0 Å². The van der Waals surface area contributed by atoms with Crippen LogP contribution in [-0.2, 0) is 0 Å². The fraction of sp³-hybridized carbons (Fsp3) is 0.556. The summed E-state index contributed by atoms with van der Waals surface area (Å²) in [5.41, 5.74) is 0. The predicted molar refractivity (Wildman–Crippen MR) is 52.1 cm³/mol. The molecule has 0 unspecified atom stereocenters. The van der Waals surface area contributed by atoms with E-state index in [4.69, 9.17) is 4.74 Å². The first-order chi connectivity index (χ1) is 6.26. The summed E-state index contributed by atoms with van der Waals surface area (Å²) in [5.74, 6) is 2.15. The van der Waals surface area contributed by atoms with Crippen LogP contribution in [0.5, 0.6) is 5.88 Å². The maximum Gasteiger partial charge on any atom is 0.218 e. The van der Waals surface area contributed by atoms with Crippen LogP contribution in [0, 0.1) is 6.92 Å². The number of anilines is 1. The fourth-order valence-electron chi connectivity index (χ4n) is 0.949. The second-order valence-electron chi connectivity index (χ2n) is 2.74. The Hall–Kier alpha value is -1.32. The van der Waals surface area contributed by atoms with E-state index < -0.39 is 0 Å². The molecule has 0 aliphatic heterocycles. The van der Waals surface area contributed by atoms with Gasteiger partial charge in [-0.2, -0.15) is 4.98 Å². The van der Waals surface area contributed by atoms with E-state index in [2.05, 4.69) is 22.2 Å². The predicted octanol–water partition coefficient (Wildman–Crippen LogP) is 1.62. The lowest BCUT2D eigenvalue weighted by molar-refractivity contribution is 0.304. The third-order valence-corrected chi connectivity index (χ3v) is 1.52. The van der Waals surface area contributed by atoms with Gasteiger partial charge in [0.05, 0.1) is 6.61 Å². The van der Waals surface area contributed by atoms with Gasteiger partial charge in [-0.15, -0.1) is 0 Å². The molecule has 0 atom stereocenters. The van der Waals surface area contributed by atoms with Crippen molar-refractivity contribution < 1.29 is 4.74 Å². The van der Waals surface area contributed by atoms with Gasteiger partial charge in [0.15, 0.2) is 0 Å². The van der Waals surface area contributed by atoms with Crippen LogP contribution >= 0.6 is 0 Å². The molecule has 1 aromatic rings. The molecule has 13 heavy (non-hydrogen) atoms. The smallest absolute Gasteiger partial charge is 0.218 e. The highest BCUT2D eigenvalue weighted by molar-refractivity contribution is 5.37. The van der Waals surface area contributed by atoms with Gasteiger partial charge in [-0.05, 0) is 13.3 Å². The van der Waals surface area contributed by atoms with Gasteiger partial charge < -0.3 is 10.1 Å². The molecule has 0 saturated carbocycles. The van der Waals surface area contributed by atoms with Crippen molar-refractivity contribution in [2.45, 2.75) is 20.3 Å². The number of hydrogen-bond acceptors (Lipinski definition) is 4. The Labute approximate surface area is 78.4 Å². The second kappa shape index (κ2) is 4.64. The summed E-state index contributed by atoms with van der Waals surface area (Å²) in [5, 5.41) is 2.95. The third kappa shape index (κ3) is 2.89. The molecule has 0 amide bonds. The van der Waals surface area contributed by atoms with Crippen molar-refractivity contribution in [3.63, 3.8) is 0 Å². The quantitative estimate of drug-likeness (QED) is 0.766. The van der Waals surface area contributed by atoms with E-state index in [0.717, 1.165) is 18.1 Å². The van der Waals surface area contributed by atoms with Gasteiger partial charge in [-0.25, -0.2) is 4.98 Å². The lowest BCUT2D eigenvalue weighted by atomic mass is 10.5. The summed E-state index contributed by atoms with van der Waals surface area (Å²) >= 11 is 0. The van der Waals surface area contributed by atoms with Crippen LogP contribution in [0.25, 0.3) is 0 Å². The molecule has 1 heterocycles. The van der Waals surface area contributed by atoms with Gasteiger partial charge in [0.25, 0.3) is 0 Å². The zero-order valence-corrected chi connectivity index (χ0v) is 8.29. The van der Waals surface area contributed by atoms with Crippen molar-refractivity contribution >= 4 is 5.82 Å². The molecule has 1 N–H and O–H groups in total. The number of nitrogens with one attached hydrogen (secondary N) is 1. The Bertz CT molecular complexity index is 276. The van der Waals surface area contributed by atoms with Crippen molar-refractivity contribution in [3.8, 4) is 5.88 Å². The number of aromatic nitrogens is 2. The molecule has 72 valence electrons. The first-order valence-corrected chi connectivity index (χ1v) is 4.42. The molecule has 0 saturated heterocycles. The Morgan fingerprint density at radius 2 is 2.23 bits per heavy atom. The first-order valence-electron chi connectivity index (χ1n) is 4.42. The molecule has 0 bridgehead atoms. The van der Waals surface area contributed by atoms with E-state index in [1.165, 1.54) is 0 Å². The lowest BCUT2D eigenvalue weighted by Crippen LogP contribution is -2.02. The SMILES string of the molecule is CCCOc1cc(NC)nc(C)n1. The maximum atomic E-state index is 5.39. The molecular weight excluding hydrogens is 166 g/mol. The van der Waals surface area contributed by atoms with E-state index in [1.807, 2.05) is 14.0 Å². The zero-order chi connectivity index (χ0) is 9.68. The Balaban J connectivity index is 2.76. The highest BCUT2D eigenvalue weighted by Gasteiger charge is 2.00. The maximum absolute atomic E-state index is 5.39. The van der Waals surface area contributed by atoms with Gasteiger partial charge in [0.2, 0.25) is 5.88 Å². The second-order valence-corrected chi connectivity index (χ2v) is 2.74. The van der Waals surface area contributed by atoms with Crippen molar-refractivity contribution in [1.82, 2.24) is 9.97 Å². The highest BCUT2D eigenvalue weighted by Crippen LogP contribution is 2.12. The number of ether oxygens (including phenoxy) is 1. The van der Waals surface area contributed by atoms with E-state index in [-0.39, 0.29) is 0 Å². The average molecular weight is 181 g/mol. The van der Waals surface area contributed by atoms with Crippen LogP contribution in [0.1, 0.15) is 19.2 Å². The van der Waals surface area contributed by atoms with Crippen LogP contribution in [0.3, 0.4) is 0 Å². The highest BCUT2D eigenvalue weighted by atomic mass is 16.5. The molecular formula is C9H15N3O. The minimum atomic E-state index is 0.638. The van der Waals surface area contributed by atoms with Crippen LogP contribution in [0.15, 0.2) is 6.07 Å². The molecule has 0 spiro atoms. The summed E-state index contributed by atoms with van der Waals surface area (Å²) in [6, 6.07) is 1.79. The van der Waals surface area contributed by atoms with E-state index in [1.54, 1.807) is 6.07 Å². The summed E-state index contributed by atoms with van der Waals surface area (Å²) in [7, 11) is 1.82. The van der Waals surface area contributed by atoms with Crippen molar-refractivity contribution in [2.75, 3.05) is 19.0 Å². The number of aryl methyl sites for hydroxylation is 1. The van der Waals surface area contributed by atoms with Crippen molar-refractivity contribution in [1.29, 1.82) is 0 Å². The zero-order valence-electron chi connectivity index (χ0n) is 8.29. The number of hydrogen-bond donors (Lipinski definition) is 1. The molecule has 4 heteroatoms. The van der Waals surface area contributed by atoms with E-state index >= 15 is 0 Å². The summed E-state index contributed by atoms with van der Waals surface area (Å²) in [6.45, 7) is 4.60. The number of nitrogens with zero attached hydrogens (tertiary/aromatic N) is 2. The molecule has 1 aromatic heterocycles. The molecule has 0 fully saturated rings. The van der Waals surface area contributed by atoms with E-state index in [9.17, 15) is 0 Å². The minimum absolute atomic E-state index is 0.638. The molecule has 0 radical (unpaired) electrons. The molecule has 0 aliphatic carbocycles. The lowest BCUT2D eigenvalue weighted by Gasteiger charge is -2.06. The van der Waals surface area contributed by atoms with E-state index in [0.29, 0.717) is 12.5 Å². The molecule has 1 rings (SSSR count). The largest absolute Gasteiger partial charge is 0.478 e. The van der Waals surface area contributed by atoms with Gasteiger partial charge in [-0.3, -0.25) is 0 Å².